The molecule has 19 heavy (non-hydrogen) atoms. The summed E-state index contributed by atoms with van der Waals surface area (Å²) >= 11 is 1.39. The van der Waals surface area contributed by atoms with E-state index in [1.54, 1.807) is 6.07 Å². The van der Waals surface area contributed by atoms with Gasteiger partial charge in [0.05, 0.1) is 0 Å². The Labute approximate surface area is 116 Å². The average molecular weight is 275 g/mol. The van der Waals surface area contributed by atoms with Gasteiger partial charge in [-0.2, -0.15) is 0 Å². The van der Waals surface area contributed by atoms with Crippen molar-refractivity contribution in [3.63, 3.8) is 0 Å². The Hall–Kier alpha value is -1.75. The third-order valence-corrected chi connectivity index (χ3v) is 3.61. The molecule has 0 aliphatic heterocycles. The second-order valence-electron chi connectivity index (χ2n) is 4.44. The van der Waals surface area contributed by atoms with Crippen molar-refractivity contribution in [1.29, 1.82) is 0 Å². The highest BCUT2D eigenvalue weighted by Crippen LogP contribution is 2.30. The minimum Gasteiger partial charge on any atom is -0.398 e. The van der Waals surface area contributed by atoms with Crippen LogP contribution in [0, 0.1) is 6.92 Å². The van der Waals surface area contributed by atoms with E-state index in [9.17, 15) is 4.79 Å². The van der Waals surface area contributed by atoms with E-state index >= 15 is 0 Å². The maximum Gasteiger partial charge on any atom is 0.251 e. The quantitative estimate of drug-likeness (QED) is 0.665. The first-order valence-electron chi connectivity index (χ1n) is 6.22. The lowest BCUT2D eigenvalue weighted by Crippen LogP contribution is -2.10. The van der Waals surface area contributed by atoms with Crippen molar-refractivity contribution in [1.82, 2.24) is 9.97 Å². The third kappa shape index (κ3) is 3.61. The van der Waals surface area contributed by atoms with Gasteiger partial charge >= 0.3 is 0 Å². The molecule has 0 saturated heterocycles. The molecule has 5 heteroatoms. The summed E-state index contributed by atoms with van der Waals surface area (Å²) in [6.07, 6.45) is 1.77. The average Bonchev–Trinajstić information content (AvgIpc) is 2.33. The monoisotopic (exact) mass is 275 g/mol. The Balaban J connectivity index is 2.32. The molecule has 0 radical (unpaired) electrons. The fraction of sp³-hybridized carbons (Fsp3) is 0.286. The molecule has 0 unspecified atom stereocenters. The summed E-state index contributed by atoms with van der Waals surface area (Å²) in [5.74, 6) is 0. The van der Waals surface area contributed by atoms with Crippen LogP contribution in [-0.4, -0.2) is 9.97 Å². The lowest BCUT2D eigenvalue weighted by molar-refractivity contribution is 0.816. The minimum absolute atomic E-state index is 0.118. The van der Waals surface area contributed by atoms with Gasteiger partial charge in [0.1, 0.15) is 0 Å². The standard InChI is InChI=1S/C14H17N3OS/c1-3-4-10-8-13(18)17-14(16-10)19-12-7-9(2)5-6-11(12)15/h5-8H,3-4,15H2,1-2H3,(H,16,17,18). The van der Waals surface area contributed by atoms with Crippen molar-refractivity contribution in [2.75, 3.05) is 5.73 Å². The maximum absolute atomic E-state index is 11.6. The second-order valence-corrected chi connectivity index (χ2v) is 5.47. The Morgan fingerprint density at radius 2 is 2.16 bits per heavy atom. The molecule has 0 fully saturated rings. The third-order valence-electron chi connectivity index (χ3n) is 2.65. The first-order chi connectivity index (χ1) is 9.08. The number of aromatic amines is 1. The lowest BCUT2D eigenvalue weighted by Gasteiger charge is -2.06. The van der Waals surface area contributed by atoms with Gasteiger partial charge in [0, 0.05) is 22.3 Å². The normalized spacial score (nSPS) is 10.6. The predicted molar refractivity (Wildman–Crippen MR) is 78.6 cm³/mol. The number of nitrogen functional groups attached to an aromatic ring is 1. The second kappa shape index (κ2) is 5.93. The molecule has 3 N–H and O–H groups in total. The van der Waals surface area contributed by atoms with Crippen LogP contribution in [0.4, 0.5) is 5.69 Å². The number of benzene rings is 1. The summed E-state index contributed by atoms with van der Waals surface area (Å²) in [5.41, 5.74) is 8.45. The zero-order valence-electron chi connectivity index (χ0n) is 11.1. The number of aromatic nitrogens is 2. The summed E-state index contributed by atoms with van der Waals surface area (Å²) in [4.78, 5) is 19.7. The molecule has 2 aromatic rings. The highest BCUT2D eigenvalue weighted by Gasteiger charge is 2.06. The summed E-state index contributed by atoms with van der Waals surface area (Å²) in [6.45, 7) is 4.07. The van der Waals surface area contributed by atoms with Crippen molar-refractivity contribution < 1.29 is 0 Å². The van der Waals surface area contributed by atoms with Gasteiger partial charge in [-0.15, -0.1) is 0 Å². The van der Waals surface area contributed by atoms with Gasteiger partial charge in [-0.25, -0.2) is 4.98 Å². The molecular weight excluding hydrogens is 258 g/mol. The van der Waals surface area contributed by atoms with Crippen LogP contribution >= 0.6 is 11.8 Å². The number of hydrogen-bond acceptors (Lipinski definition) is 4. The molecule has 0 saturated carbocycles. The summed E-state index contributed by atoms with van der Waals surface area (Å²) in [7, 11) is 0. The van der Waals surface area contributed by atoms with Gasteiger partial charge in [0.2, 0.25) is 0 Å². The van der Waals surface area contributed by atoms with E-state index in [0.29, 0.717) is 10.8 Å². The number of hydrogen-bond donors (Lipinski definition) is 2. The van der Waals surface area contributed by atoms with Crippen LogP contribution in [0.3, 0.4) is 0 Å². The van der Waals surface area contributed by atoms with Crippen molar-refractivity contribution in [2.24, 2.45) is 0 Å². The highest BCUT2D eigenvalue weighted by atomic mass is 32.2. The van der Waals surface area contributed by atoms with E-state index in [-0.39, 0.29) is 5.56 Å². The zero-order chi connectivity index (χ0) is 13.8. The number of nitrogens with one attached hydrogen (secondary N) is 1. The van der Waals surface area contributed by atoms with Crippen LogP contribution in [-0.2, 0) is 6.42 Å². The van der Waals surface area contributed by atoms with Crippen LogP contribution in [0.5, 0.6) is 0 Å². The predicted octanol–water partition coefficient (Wildman–Crippen LogP) is 2.76. The number of nitrogens with zero attached hydrogens (tertiary/aromatic N) is 1. The molecule has 0 aliphatic carbocycles. The van der Waals surface area contributed by atoms with Gasteiger partial charge in [-0.05, 0) is 42.8 Å². The highest BCUT2D eigenvalue weighted by molar-refractivity contribution is 7.99. The van der Waals surface area contributed by atoms with Crippen LogP contribution in [0.1, 0.15) is 24.6 Å². The molecule has 2 rings (SSSR count). The topological polar surface area (TPSA) is 71.8 Å². The van der Waals surface area contributed by atoms with Crippen molar-refractivity contribution in [2.45, 2.75) is 36.7 Å². The summed E-state index contributed by atoms with van der Waals surface area (Å²) in [5, 5.41) is 0.591. The van der Waals surface area contributed by atoms with Crippen LogP contribution in [0.15, 0.2) is 39.1 Å². The van der Waals surface area contributed by atoms with Crippen molar-refractivity contribution in [3.05, 3.63) is 45.9 Å². The SMILES string of the molecule is CCCc1cc(=O)[nH]c(Sc2cc(C)ccc2N)n1. The van der Waals surface area contributed by atoms with Gasteiger partial charge in [0.25, 0.3) is 5.56 Å². The molecule has 1 heterocycles. The van der Waals surface area contributed by atoms with E-state index in [1.807, 2.05) is 25.1 Å². The van der Waals surface area contributed by atoms with Crippen molar-refractivity contribution in [3.8, 4) is 0 Å². The summed E-state index contributed by atoms with van der Waals surface area (Å²) < 4.78 is 0. The van der Waals surface area contributed by atoms with Crippen LogP contribution in [0.25, 0.3) is 0 Å². The first-order valence-corrected chi connectivity index (χ1v) is 7.04. The molecule has 0 amide bonds. The van der Waals surface area contributed by atoms with E-state index in [2.05, 4.69) is 16.9 Å². The smallest absolute Gasteiger partial charge is 0.251 e. The number of rotatable bonds is 4. The molecule has 4 nitrogen and oxygen atoms in total. The van der Waals surface area contributed by atoms with Gasteiger partial charge in [-0.1, -0.05) is 19.4 Å². The van der Waals surface area contributed by atoms with Gasteiger partial charge < -0.3 is 10.7 Å². The van der Waals surface area contributed by atoms with E-state index in [0.717, 1.165) is 29.0 Å². The van der Waals surface area contributed by atoms with Crippen LogP contribution in [0.2, 0.25) is 0 Å². The van der Waals surface area contributed by atoms with Gasteiger partial charge in [0.15, 0.2) is 5.16 Å². The molecule has 0 aliphatic rings. The lowest BCUT2D eigenvalue weighted by atomic mass is 10.2. The molecule has 1 aromatic heterocycles. The zero-order valence-corrected chi connectivity index (χ0v) is 11.9. The fourth-order valence-electron chi connectivity index (χ4n) is 1.75. The van der Waals surface area contributed by atoms with E-state index in [1.165, 1.54) is 11.8 Å². The number of nitrogens with two attached hydrogens (primary N) is 1. The van der Waals surface area contributed by atoms with Crippen molar-refractivity contribution >= 4 is 17.4 Å². The molecule has 0 bridgehead atoms. The Morgan fingerprint density at radius 1 is 1.37 bits per heavy atom. The maximum atomic E-state index is 11.6. The van der Waals surface area contributed by atoms with Gasteiger partial charge in [-0.3, -0.25) is 4.79 Å². The molecule has 0 spiro atoms. The van der Waals surface area contributed by atoms with E-state index < -0.39 is 0 Å². The van der Waals surface area contributed by atoms with E-state index in [4.69, 9.17) is 5.73 Å². The number of aryl methyl sites for hydroxylation is 2. The number of H-pyrrole nitrogens is 1. The molecule has 0 atom stereocenters. The Bertz CT molecular complexity index is 637. The fourth-order valence-corrected chi connectivity index (χ4v) is 2.70. The molecular formula is C14H17N3OS. The summed E-state index contributed by atoms with van der Waals surface area (Å²) in [6, 6.07) is 7.37. The number of anilines is 1. The molecule has 100 valence electrons. The Kier molecular flexibility index (Phi) is 4.27. The molecule has 1 aromatic carbocycles. The van der Waals surface area contributed by atoms with Crippen LogP contribution < -0.4 is 11.3 Å². The first kappa shape index (κ1) is 13.7. The largest absolute Gasteiger partial charge is 0.398 e. The Morgan fingerprint density at radius 3 is 2.89 bits per heavy atom. The minimum atomic E-state index is -0.118.